The minimum Gasteiger partial charge on any atom is -0.468 e. The normalized spacial score (nSPS) is 29.2. The Bertz CT molecular complexity index is 1160. The van der Waals surface area contributed by atoms with Gasteiger partial charge in [0, 0.05) is 41.2 Å². The highest BCUT2D eigenvalue weighted by Crippen LogP contribution is 2.57. The first-order valence-electron chi connectivity index (χ1n) is 13.7. The van der Waals surface area contributed by atoms with Gasteiger partial charge in [-0.3, -0.25) is 14.4 Å². The van der Waals surface area contributed by atoms with E-state index in [1.54, 1.807) is 28.0 Å². The van der Waals surface area contributed by atoms with Crippen molar-refractivity contribution in [1.82, 2.24) is 9.80 Å². The molecular weight excluding hydrogens is 543 g/mol. The fraction of sp³-hybridized carbons (Fsp3) is 0.621. The average Bonchev–Trinajstić information content (AvgIpc) is 3.77. The van der Waals surface area contributed by atoms with E-state index in [4.69, 9.17) is 37.4 Å². The second-order valence-corrected chi connectivity index (χ2v) is 12.2. The lowest BCUT2D eigenvalue weighted by Gasteiger charge is -2.53. The van der Waals surface area contributed by atoms with E-state index >= 15 is 0 Å². The molecule has 0 N–H and O–H groups in total. The molecule has 5 rings (SSSR count). The molecule has 8 nitrogen and oxygen atoms in total. The van der Waals surface area contributed by atoms with Gasteiger partial charge in [0.2, 0.25) is 11.8 Å². The minimum atomic E-state index is -1.20. The van der Waals surface area contributed by atoms with Crippen LogP contribution in [0.15, 0.2) is 30.0 Å². The number of rotatable bonds is 7. The van der Waals surface area contributed by atoms with Crippen LogP contribution in [0.1, 0.15) is 45.1 Å². The van der Waals surface area contributed by atoms with Gasteiger partial charge in [-0.15, -0.1) is 0 Å². The Kier molecular flexibility index (Phi) is 8.30. The van der Waals surface area contributed by atoms with Crippen molar-refractivity contribution in [3.05, 3.63) is 45.6 Å². The van der Waals surface area contributed by atoms with Crippen molar-refractivity contribution in [3.8, 4) is 0 Å². The number of piperidine rings is 1. The van der Waals surface area contributed by atoms with Crippen LogP contribution in [0, 0.1) is 23.2 Å². The van der Waals surface area contributed by atoms with Gasteiger partial charge in [-0.1, -0.05) is 43.1 Å². The van der Waals surface area contributed by atoms with Crippen molar-refractivity contribution in [2.24, 2.45) is 23.2 Å². The maximum Gasteiger partial charge on any atom is 0.320 e. The Labute approximate surface area is 239 Å². The summed E-state index contributed by atoms with van der Waals surface area (Å²) in [5.74, 6) is -1.16. The molecule has 0 radical (unpaired) electrons. The van der Waals surface area contributed by atoms with Gasteiger partial charge in [0.15, 0.2) is 0 Å². The number of carbonyl (C=O) groups excluding carboxylic acids is 3. The van der Waals surface area contributed by atoms with Crippen LogP contribution in [0.5, 0.6) is 0 Å². The molecule has 1 aromatic carbocycles. The fourth-order valence-electron chi connectivity index (χ4n) is 6.19. The second-order valence-electron chi connectivity index (χ2n) is 11.4. The predicted molar refractivity (Wildman–Crippen MR) is 146 cm³/mol. The molecule has 0 bridgehead atoms. The number of likely N-dealkylation sites (tertiary alicyclic amines) is 1. The summed E-state index contributed by atoms with van der Waals surface area (Å²) in [6.45, 7) is 6.18. The topological polar surface area (TPSA) is 85.4 Å². The largest absolute Gasteiger partial charge is 0.468 e. The van der Waals surface area contributed by atoms with E-state index in [1.165, 1.54) is 7.11 Å². The quantitative estimate of drug-likeness (QED) is 0.444. The maximum absolute atomic E-state index is 14.2. The number of halogens is 2. The lowest BCUT2D eigenvalue weighted by molar-refractivity contribution is -0.182. The molecule has 0 unspecified atom stereocenters. The van der Waals surface area contributed by atoms with Gasteiger partial charge in [0.1, 0.15) is 5.41 Å². The zero-order valence-electron chi connectivity index (χ0n) is 22.7. The van der Waals surface area contributed by atoms with Gasteiger partial charge in [0.25, 0.3) is 0 Å². The van der Waals surface area contributed by atoms with E-state index in [-0.39, 0.29) is 49.1 Å². The molecular formula is C29H36Cl2N2O6. The molecule has 1 saturated carbocycles. The monoisotopic (exact) mass is 578 g/mol. The summed E-state index contributed by atoms with van der Waals surface area (Å²) >= 11 is 12.7. The number of nitrogens with zero attached hydrogens (tertiary/aromatic N) is 2. The molecule has 2 amide bonds. The number of carbonyl (C=O) groups is 3. The van der Waals surface area contributed by atoms with Crippen molar-refractivity contribution in [2.75, 3.05) is 33.4 Å². The number of hydrogen-bond acceptors (Lipinski definition) is 6. The third-order valence-electron chi connectivity index (χ3n) is 8.43. The molecule has 10 heteroatoms. The SMILES string of the molecule is COC(=O)[C@]12C[C@H](CC(=O)N3CCOCC3)C(=O)N(Cc3ccc(Cl)cc3Cl)C1=C[C@H](C(C)C)O[C@@H]2C1CC1. The summed E-state index contributed by atoms with van der Waals surface area (Å²) in [6, 6.07) is 5.16. The van der Waals surface area contributed by atoms with Gasteiger partial charge in [0.05, 0.1) is 39.1 Å². The maximum atomic E-state index is 14.2. The Morgan fingerprint density at radius 3 is 2.51 bits per heavy atom. The van der Waals surface area contributed by atoms with Crippen LogP contribution >= 0.6 is 23.2 Å². The minimum absolute atomic E-state index is 0.000698. The van der Waals surface area contributed by atoms with Gasteiger partial charge in [-0.2, -0.15) is 0 Å². The first-order valence-corrected chi connectivity index (χ1v) is 14.5. The summed E-state index contributed by atoms with van der Waals surface area (Å²) < 4.78 is 17.5. The summed E-state index contributed by atoms with van der Waals surface area (Å²) in [4.78, 5) is 44.8. The summed E-state index contributed by atoms with van der Waals surface area (Å²) in [5, 5.41) is 0.919. The zero-order valence-corrected chi connectivity index (χ0v) is 24.2. The molecule has 3 aliphatic heterocycles. The molecule has 0 spiro atoms. The van der Waals surface area contributed by atoms with Crippen molar-refractivity contribution in [2.45, 2.75) is 58.3 Å². The second kappa shape index (κ2) is 11.4. The van der Waals surface area contributed by atoms with Crippen molar-refractivity contribution < 1.29 is 28.6 Å². The standard InChI is InChI=1S/C29H36Cl2N2O6/c1-17(2)23-14-24-29(28(36)37-3,26(39-23)18-4-5-18)15-20(12-25(34)32-8-10-38-11-9-32)27(35)33(24)16-19-6-7-21(30)13-22(19)31/h6-7,13-14,17-18,20,23,26H,4-5,8-12,15-16H2,1-3H3/t20-,23+,26+,29+/m0/s1. The van der Waals surface area contributed by atoms with E-state index in [0.717, 1.165) is 12.8 Å². The average molecular weight is 580 g/mol. The van der Waals surface area contributed by atoms with E-state index in [9.17, 15) is 14.4 Å². The van der Waals surface area contributed by atoms with Crippen LogP contribution in [0.2, 0.25) is 10.0 Å². The van der Waals surface area contributed by atoms with E-state index in [0.29, 0.717) is 47.6 Å². The van der Waals surface area contributed by atoms with Crippen molar-refractivity contribution >= 4 is 41.0 Å². The first kappa shape index (κ1) is 28.4. The number of morpholine rings is 1. The van der Waals surface area contributed by atoms with Crippen LogP contribution in [0.25, 0.3) is 0 Å². The molecule has 1 aliphatic carbocycles. The van der Waals surface area contributed by atoms with Crippen LogP contribution in [0.4, 0.5) is 0 Å². The first-order chi connectivity index (χ1) is 18.6. The van der Waals surface area contributed by atoms with Gasteiger partial charge in [-0.25, -0.2) is 0 Å². The van der Waals surface area contributed by atoms with Crippen LogP contribution in [0.3, 0.4) is 0 Å². The van der Waals surface area contributed by atoms with Crippen LogP contribution in [-0.2, 0) is 35.1 Å². The molecule has 3 fully saturated rings. The molecule has 2 saturated heterocycles. The lowest BCUT2D eigenvalue weighted by Crippen LogP contribution is -2.61. The molecule has 0 aromatic heterocycles. The molecule has 4 atom stereocenters. The summed E-state index contributed by atoms with van der Waals surface area (Å²) in [5.41, 5.74) is 0.0939. The fourth-order valence-corrected chi connectivity index (χ4v) is 6.65. The molecule has 39 heavy (non-hydrogen) atoms. The Balaban J connectivity index is 1.60. The highest BCUT2D eigenvalue weighted by molar-refractivity contribution is 6.35. The van der Waals surface area contributed by atoms with Crippen molar-refractivity contribution in [1.29, 1.82) is 0 Å². The highest BCUT2D eigenvalue weighted by Gasteiger charge is 2.64. The van der Waals surface area contributed by atoms with Gasteiger partial charge < -0.3 is 24.0 Å². The molecule has 212 valence electrons. The number of benzene rings is 1. The molecule has 4 aliphatic rings. The predicted octanol–water partition coefficient (Wildman–Crippen LogP) is 4.47. The number of hydrogen-bond donors (Lipinski definition) is 0. The lowest BCUT2D eigenvalue weighted by atomic mass is 9.64. The number of ether oxygens (including phenoxy) is 3. The number of fused-ring (bicyclic) bond motifs is 1. The Morgan fingerprint density at radius 1 is 1.18 bits per heavy atom. The third kappa shape index (κ3) is 5.45. The Hall–Kier alpha value is -2.13. The van der Waals surface area contributed by atoms with Crippen molar-refractivity contribution in [3.63, 3.8) is 0 Å². The van der Waals surface area contributed by atoms with Crippen LogP contribution < -0.4 is 0 Å². The highest BCUT2D eigenvalue weighted by atomic mass is 35.5. The molecule has 1 aromatic rings. The molecule has 3 heterocycles. The number of amides is 2. The number of esters is 1. The third-order valence-corrected chi connectivity index (χ3v) is 9.02. The smallest absolute Gasteiger partial charge is 0.320 e. The van der Waals surface area contributed by atoms with E-state index in [1.807, 2.05) is 6.08 Å². The number of methoxy groups -OCH3 is 1. The summed E-state index contributed by atoms with van der Waals surface area (Å²) in [6.07, 6.45) is 3.24. The van der Waals surface area contributed by atoms with E-state index in [2.05, 4.69) is 13.8 Å². The zero-order chi connectivity index (χ0) is 27.9. The Morgan fingerprint density at radius 2 is 1.90 bits per heavy atom. The van der Waals surface area contributed by atoms with Gasteiger partial charge >= 0.3 is 5.97 Å². The van der Waals surface area contributed by atoms with E-state index < -0.39 is 23.4 Å². The summed E-state index contributed by atoms with van der Waals surface area (Å²) in [7, 11) is 1.37. The van der Waals surface area contributed by atoms with Gasteiger partial charge in [-0.05, 0) is 54.9 Å². The van der Waals surface area contributed by atoms with Crippen LogP contribution in [-0.4, -0.2) is 73.2 Å².